The average Bonchev–Trinajstić information content (AvgIpc) is 3.36. The third-order valence-electron chi connectivity index (χ3n) is 5.66. The Bertz CT molecular complexity index is 1420. The summed E-state index contributed by atoms with van der Waals surface area (Å²) in [5.74, 6) is -0.403. The van der Waals surface area contributed by atoms with Gasteiger partial charge in [0.1, 0.15) is 5.75 Å². The number of nitrogens with zero attached hydrogens (tertiary/aromatic N) is 2. The smallest absolute Gasteiger partial charge is 0.308 e. The van der Waals surface area contributed by atoms with E-state index in [1.54, 1.807) is 24.3 Å². The van der Waals surface area contributed by atoms with Gasteiger partial charge in [-0.25, -0.2) is 0 Å². The van der Waals surface area contributed by atoms with Crippen molar-refractivity contribution in [3.63, 3.8) is 0 Å². The lowest BCUT2D eigenvalue weighted by Crippen LogP contribution is -2.41. The van der Waals surface area contributed by atoms with E-state index >= 15 is 0 Å². The molecule has 0 atom stereocenters. The summed E-state index contributed by atoms with van der Waals surface area (Å²) in [6, 6.07) is 16.5. The highest BCUT2D eigenvalue weighted by Gasteiger charge is 2.14. The second kappa shape index (κ2) is 10.2. The largest absolute Gasteiger partial charge is 0.427 e. The quantitative estimate of drug-likeness (QED) is 0.245. The molecule has 4 aromatic rings. The molecule has 0 saturated carbocycles. The first kappa shape index (κ1) is 24.3. The van der Waals surface area contributed by atoms with Crippen molar-refractivity contribution in [3.8, 4) is 28.7 Å². The lowest BCUT2D eigenvalue weighted by Gasteiger charge is -2.08. The minimum absolute atomic E-state index is 0.285. The van der Waals surface area contributed by atoms with Gasteiger partial charge in [-0.1, -0.05) is 0 Å². The van der Waals surface area contributed by atoms with E-state index in [9.17, 15) is 14.4 Å². The Morgan fingerprint density at radius 2 is 1.19 bits per heavy atom. The van der Waals surface area contributed by atoms with E-state index in [0.29, 0.717) is 28.7 Å². The molecular weight excluding hydrogens is 460 g/mol. The van der Waals surface area contributed by atoms with Gasteiger partial charge < -0.3 is 9.15 Å². The zero-order chi connectivity index (χ0) is 25.8. The molecule has 1 aromatic heterocycles. The van der Waals surface area contributed by atoms with E-state index in [1.807, 2.05) is 26.0 Å². The predicted octanol–water partition coefficient (Wildman–Crippen LogP) is 4.33. The van der Waals surface area contributed by atoms with Gasteiger partial charge in [-0.3, -0.25) is 25.2 Å². The highest BCUT2D eigenvalue weighted by molar-refractivity contribution is 5.99. The van der Waals surface area contributed by atoms with E-state index in [2.05, 4.69) is 28.0 Å². The van der Waals surface area contributed by atoms with E-state index in [0.717, 1.165) is 16.7 Å². The van der Waals surface area contributed by atoms with Gasteiger partial charge in [0.05, 0.1) is 0 Å². The number of hydrogen-bond donors (Lipinski definition) is 2. The van der Waals surface area contributed by atoms with Crippen LogP contribution in [-0.4, -0.2) is 28.0 Å². The summed E-state index contributed by atoms with van der Waals surface area (Å²) in [7, 11) is 0. The van der Waals surface area contributed by atoms with Crippen molar-refractivity contribution in [1.29, 1.82) is 0 Å². The van der Waals surface area contributed by atoms with Crippen LogP contribution in [0.15, 0.2) is 65.1 Å². The number of hydrogen-bond acceptors (Lipinski definition) is 7. The first-order valence-corrected chi connectivity index (χ1v) is 11.1. The van der Waals surface area contributed by atoms with Crippen LogP contribution < -0.4 is 15.6 Å². The molecule has 3 aromatic carbocycles. The Morgan fingerprint density at radius 3 is 1.69 bits per heavy atom. The minimum Gasteiger partial charge on any atom is -0.427 e. The highest BCUT2D eigenvalue weighted by atomic mass is 16.5. The molecule has 0 unspecified atom stereocenters. The third kappa shape index (κ3) is 5.47. The fourth-order valence-electron chi connectivity index (χ4n) is 3.48. The van der Waals surface area contributed by atoms with Gasteiger partial charge in [-0.05, 0) is 98.1 Å². The van der Waals surface area contributed by atoms with Gasteiger partial charge in [0.15, 0.2) is 0 Å². The monoisotopic (exact) mass is 484 g/mol. The van der Waals surface area contributed by atoms with Gasteiger partial charge in [0, 0.05) is 29.2 Å². The van der Waals surface area contributed by atoms with Crippen molar-refractivity contribution in [2.24, 2.45) is 0 Å². The molecule has 0 spiro atoms. The SMILES string of the molecule is CC(=O)Oc1ccc(C(=O)NNC(=O)c2ccc(-c3nnc(-c4cc(C)c(C)c(C)c4)o3)cc2)cc1. The molecule has 0 aliphatic heterocycles. The van der Waals surface area contributed by atoms with Crippen LogP contribution >= 0.6 is 0 Å². The minimum atomic E-state index is -0.519. The number of aromatic nitrogens is 2. The van der Waals surface area contributed by atoms with E-state index in [-0.39, 0.29) is 5.56 Å². The van der Waals surface area contributed by atoms with Crippen LogP contribution in [0.5, 0.6) is 5.75 Å². The topological polar surface area (TPSA) is 123 Å². The summed E-state index contributed by atoms with van der Waals surface area (Å²) in [4.78, 5) is 35.7. The number of aryl methyl sites for hydroxylation is 2. The van der Waals surface area contributed by atoms with Crippen molar-refractivity contribution < 1.29 is 23.5 Å². The van der Waals surface area contributed by atoms with Crippen LogP contribution in [0.25, 0.3) is 22.9 Å². The molecule has 0 fully saturated rings. The van der Waals surface area contributed by atoms with E-state index in [4.69, 9.17) is 9.15 Å². The predicted molar refractivity (Wildman–Crippen MR) is 132 cm³/mol. The Morgan fingerprint density at radius 1 is 0.722 bits per heavy atom. The third-order valence-corrected chi connectivity index (χ3v) is 5.66. The lowest BCUT2D eigenvalue weighted by molar-refractivity contribution is -0.131. The number of amides is 2. The molecule has 1 heterocycles. The summed E-state index contributed by atoms with van der Waals surface area (Å²) in [6.07, 6.45) is 0. The Kier molecular flexibility index (Phi) is 6.91. The van der Waals surface area contributed by atoms with Crippen LogP contribution in [0.3, 0.4) is 0 Å². The van der Waals surface area contributed by atoms with Crippen molar-refractivity contribution in [2.75, 3.05) is 0 Å². The van der Waals surface area contributed by atoms with Gasteiger partial charge >= 0.3 is 5.97 Å². The second-order valence-corrected chi connectivity index (χ2v) is 8.25. The number of nitrogens with one attached hydrogen (secondary N) is 2. The van der Waals surface area contributed by atoms with Gasteiger partial charge in [-0.15, -0.1) is 10.2 Å². The summed E-state index contributed by atoms with van der Waals surface area (Å²) >= 11 is 0. The van der Waals surface area contributed by atoms with Crippen molar-refractivity contribution in [1.82, 2.24) is 21.0 Å². The fourth-order valence-corrected chi connectivity index (χ4v) is 3.48. The van der Waals surface area contributed by atoms with Crippen LogP contribution in [0.1, 0.15) is 44.3 Å². The molecule has 9 nitrogen and oxygen atoms in total. The number of carbonyl (C=O) groups is 3. The highest BCUT2D eigenvalue weighted by Crippen LogP contribution is 2.27. The summed E-state index contributed by atoms with van der Waals surface area (Å²) < 4.78 is 10.8. The van der Waals surface area contributed by atoms with Crippen LogP contribution in [0.4, 0.5) is 0 Å². The molecule has 0 bridgehead atoms. The number of ether oxygens (including phenoxy) is 1. The van der Waals surface area contributed by atoms with Gasteiger partial charge in [-0.2, -0.15) is 0 Å². The number of carbonyl (C=O) groups excluding carboxylic acids is 3. The van der Waals surface area contributed by atoms with Gasteiger partial charge in [0.2, 0.25) is 11.8 Å². The zero-order valence-corrected chi connectivity index (χ0v) is 20.2. The second-order valence-electron chi connectivity index (χ2n) is 8.25. The maximum atomic E-state index is 12.4. The molecule has 9 heteroatoms. The molecule has 4 rings (SSSR count). The molecule has 0 aliphatic rings. The standard InChI is InChI=1S/C27H24N4O5/c1-15-13-22(14-16(2)17(15)3)27-31-30-26(36-27)21-7-5-19(6-8-21)24(33)28-29-25(34)20-9-11-23(12-10-20)35-18(4)32/h5-14H,1-4H3,(H,28,33)(H,29,34). The maximum absolute atomic E-state index is 12.4. The summed E-state index contributed by atoms with van der Waals surface area (Å²) in [5.41, 5.74) is 10.3. The Hall–Kier alpha value is -4.79. The van der Waals surface area contributed by atoms with Crippen molar-refractivity contribution in [3.05, 3.63) is 88.5 Å². The number of esters is 1. The molecule has 182 valence electrons. The lowest BCUT2D eigenvalue weighted by atomic mass is 10.0. The molecule has 0 aliphatic carbocycles. The number of benzene rings is 3. The Balaban J connectivity index is 1.38. The molecule has 0 radical (unpaired) electrons. The first-order valence-electron chi connectivity index (χ1n) is 11.1. The molecule has 2 N–H and O–H groups in total. The summed E-state index contributed by atoms with van der Waals surface area (Å²) in [6.45, 7) is 7.43. The number of hydrazine groups is 1. The number of rotatable bonds is 5. The van der Waals surface area contributed by atoms with Crippen LogP contribution in [0, 0.1) is 20.8 Å². The molecule has 0 saturated heterocycles. The van der Waals surface area contributed by atoms with Crippen LogP contribution in [0.2, 0.25) is 0 Å². The van der Waals surface area contributed by atoms with E-state index < -0.39 is 17.8 Å². The molecule has 36 heavy (non-hydrogen) atoms. The summed E-state index contributed by atoms with van der Waals surface area (Å²) in [5, 5.41) is 8.29. The maximum Gasteiger partial charge on any atom is 0.308 e. The molecular formula is C27H24N4O5. The van der Waals surface area contributed by atoms with E-state index in [1.165, 1.54) is 36.8 Å². The van der Waals surface area contributed by atoms with Crippen molar-refractivity contribution >= 4 is 17.8 Å². The van der Waals surface area contributed by atoms with Crippen LogP contribution in [-0.2, 0) is 4.79 Å². The van der Waals surface area contributed by atoms with Gasteiger partial charge in [0.25, 0.3) is 11.8 Å². The average molecular weight is 485 g/mol. The fraction of sp³-hybridized carbons (Fsp3) is 0.148. The normalized spacial score (nSPS) is 10.6. The Labute approximate surface area is 207 Å². The van der Waals surface area contributed by atoms with Crippen molar-refractivity contribution in [2.45, 2.75) is 27.7 Å². The zero-order valence-electron chi connectivity index (χ0n) is 20.2. The first-order chi connectivity index (χ1) is 17.2. The molecule has 2 amide bonds.